The first-order valence-corrected chi connectivity index (χ1v) is 7.46. The number of carbonyl (C=O) groups excluding carboxylic acids is 1. The van der Waals surface area contributed by atoms with Crippen molar-refractivity contribution in [2.75, 3.05) is 0 Å². The fraction of sp³-hybridized carbons (Fsp3) is 0.308. The van der Waals surface area contributed by atoms with Gasteiger partial charge in [0.05, 0.1) is 22.5 Å². The number of hydrogen-bond acceptors (Lipinski definition) is 3. The summed E-state index contributed by atoms with van der Waals surface area (Å²) >= 11 is 0. The van der Waals surface area contributed by atoms with Crippen LogP contribution in [0, 0.1) is 0 Å². The first-order valence-electron chi connectivity index (χ1n) is 6.29. The van der Waals surface area contributed by atoms with Gasteiger partial charge in [0.1, 0.15) is 11.0 Å². The molecule has 6 nitrogen and oxygen atoms in total. The van der Waals surface area contributed by atoms with Gasteiger partial charge in [-0.1, -0.05) is 35.5 Å². The standard InChI is InChI=1S/C13H12N4O2S/c14-16-15-12-4-2-1-3-11(12)13(18)17-9-5-7-10(8-6-9)20(17)19/h1-5,7,9-10H,6,8H2/t9-,10+,20?/m1/s1. The monoisotopic (exact) mass is 288 g/mol. The zero-order valence-electron chi connectivity index (χ0n) is 10.5. The number of nitrogens with zero attached hydrogens (tertiary/aromatic N) is 4. The van der Waals surface area contributed by atoms with Gasteiger partial charge >= 0.3 is 0 Å². The van der Waals surface area contributed by atoms with Gasteiger partial charge in [0, 0.05) is 4.91 Å². The van der Waals surface area contributed by atoms with E-state index in [4.69, 9.17) is 5.53 Å². The van der Waals surface area contributed by atoms with Crippen molar-refractivity contribution < 1.29 is 9.00 Å². The van der Waals surface area contributed by atoms with Crippen LogP contribution in [-0.2, 0) is 11.0 Å². The van der Waals surface area contributed by atoms with Crippen molar-refractivity contribution in [3.63, 3.8) is 0 Å². The zero-order valence-corrected chi connectivity index (χ0v) is 11.4. The van der Waals surface area contributed by atoms with Gasteiger partial charge in [-0.05, 0) is 24.4 Å². The lowest BCUT2D eigenvalue weighted by Crippen LogP contribution is -2.50. The Morgan fingerprint density at radius 3 is 2.80 bits per heavy atom. The van der Waals surface area contributed by atoms with Crippen molar-refractivity contribution >= 4 is 22.6 Å². The van der Waals surface area contributed by atoms with E-state index in [0.29, 0.717) is 5.56 Å². The van der Waals surface area contributed by atoms with Crippen molar-refractivity contribution in [2.24, 2.45) is 5.11 Å². The third-order valence-electron chi connectivity index (χ3n) is 3.54. The van der Waals surface area contributed by atoms with Crippen LogP contribution in [-0.4, -0.2) is 25.7 Å². The maximum Gasteiger partial charge on any atom is 0.266 e. The molecule has 1 amide bonds. The fourth-order valence-electron chi connectivity index (χ4n) is 2.56. The minimum absolute atomic E-state index is 0.0874. The topological polar surface area (TPSA) is 86.1 Å². The summed E-state index contributed by atoms with van der Waals surface area (Å²) in [6.45, 7) is 0. The molecular formula is C13H12N4O2S. The van der Waals surface area contributed by atoms with E-state index < -0.39 is 11.0 Å². The molecule has 0 radical (unpaired) electrons. The normalized spacial score (nSPS) is 27.2. The van der Waals surface area contributed by atoms with Crippen LogP contribution < -0.4 is 0 Å². The van der Waals surface area contributed by atoms with Crippen LogP contribution in [0.2, 0.25) is 0 Å². The molecule has 1 aromatic carbocycles. The maximum atomic E-state index is 12.6. The first-order chi connectivity index (χ1) is 9.72. The van der Waals surface area contributed by atoms with E-state index in [-0.39, 0.29) is 22.9 Å². The number of fused-ring (bicyclic) bond motifs is 2. The van der Waals surface area contributed by atoms with Gasteiger partial charge in [0.2, 0.25) is 0 Å². The Morgan fingerprint density at radius 2 is 2.15 bits per heavy atom. The average Bonchev–Trinajstić information content (AvgIpc) is 2.49. The highest BCUT2D eigenvalue weighted by atomic mass is 32.2. The molecule has 1 aromatic rings. The summed E-state index contributed by atoms with van der Waals surface area (Å²) in [6, 6.07) is 6.43. The van der Waals surface area contributed by atoms with Gasteiger partial charge in [0.15, 0.2) is 0 Å². The summed E-state index contributed by atoms with van der Waals surface area (Å²) in [5, 5.41) is 3.44. The predicted octanol–water partition coefficient (Wildman–Crippen LogP) is 2.84. The molecule has 102 valence electrons. The molecule has 2 bridgehead atoms. The maximum absolute atomic E-state index is 12.6. The van der Waals surface area contributed by atoms with E-state index in [9.17, 15) is 9.00 Å². The molecule has 0 spiro atoms. The molecule has 4 rings (SSSR count). The zero-order chi connectivity index (χ0) is 14.1. The van der Waals surface area contributed by atoms with Crippen LogP contribution in [0.1, 0.15) is 23.2 Å². The van der Waals surface area contributed by atoms with Gasteiger partial charge in [-0.2, -0.15) is 0 Å². The van der Waals surface area contributed by atoms with Crippen molar-refractivity contribution in [2.45, 2.75) is 24.1 Å². The molecule has 1 saturated heterocycles. The van der Waals surface area contributed by atoms with E-state index >= 15 is 0 Å². The lowest BCUT2D eigenvalue weighted by Gasteiger charge is -2.39. The molecule has 2 heterocycles. The third-order valence-corrected chi connectivity index (χ3v) is 5.27. The molecule has 1 aliphatic carbocycles. The smallest absolute Gasteiger partial charge is 0.266 e. The molecule has 3 atom stereocenters. The van der Waals surface area contributed by atoms with Gasteiger partial charge in [-0.25, -0.2) is 8.51 Å². The molecule has 0 N–H and O–H groups in total. The van der Waals surface area contributed by atoms with Gasteiger partial charge < -0.3 is 0 Å². The summed E-state index contributed by atoms with van der Waals surface area (Å²) < 4.78 is 13.7. The van der Waals surface area contributed by atoms with Crippen LogP contribution in [0.15, 0.2) is 41.5 Å². The average molecular weight is 288 g/mol. The Balaban J connectivity index is 2.00. The Labute approximate surface area is 118 Å². The van der Waals surface area contributed by atoms with Crippen LogP contribution >= 0.6 is 0 Å². The van der Waals surface area contributed by atoms with Crippen molar-refractivity contribution in [3.05, 3.63) is 52.4 Å². The summed E-state index contributed by atoms with van der Waals surface area (Å²) in [5.74, 6) is -0.342. The largest absolute Gasteiger partial charge is 0.268 e. The quantitative estimate of drug-likeness (QED) is 0.362. The second-order valence-corrected chi connectivity index (χ2v) is 6.23. The van der Waals surface area contributed by atoms with E-state index in [1.807, 2.05) is 12.2 Å². The van der Waals surface area contributed by atoms with E-state index in [2.05, 4.69) is 10.0 Å². The summed E-state index contributed by atoms with van der Waals surface area (Å²) in [5.41, 5.74) is 9.11. The van der Waals surface area contributed by atoms with Crippen LogP contribution in [0.3, 0.4) is 0 Å². The molecule has 0 aromatic heterocycles. The summed E-state index contributed by atoms with van der Waals surface area (Å²) in [4.78, 5) is 15.3. The van der Waals surface area contributed by atoms with Crippen molar-refractivity contribution in [3.8, 4) is 0 Å². The first kappa shape index (κ1) is 12.9. The molecule has 2 aliphatic heterocycles. The summed E-state index contributed by atoms with van der Waals surface area (Å²) in [6.07, 6.45) is 5.52. The van der Waals surface area contributed by atoms with Crippen LogP contribution in [0.5, 0.6) is 0 Å². The number of hydrogen-bond donors (Lipinski definition) is 0. The van der Waals surface area contributed by atoms with E-state index in [0.717, 1.165) is 12.8 Å². The second kappa shape index (κ2) is 5.11. The van der Waals surface area contributed by atoms with E-state index in [1.54, 1.807) is 24.3 Å². The Bertz CT molecular complexity index is 666. The van der Waals surface area contributed by atoms with Crippen LogP contribution in [0.25, 0.3) is 10.4 Å². The Hall–Kier alpha value is -2.11. The molecule has 20 heavy (non-hydrogen) atoms. The number of rotatable bonds is 2. The minimum Gasteiger partial charge on any atom is -0.268 e. The van der Waals surface area contributed by atoms with Gasteiger partial charge in [0.25, 0.3) is 5.91 Å². The van der Waals surface area contributed by atoms with Crippen molar-refractivity contribution in [1.29, 1.82) is 0 Å². The lowest BCUT2D eigenvalue weighted by molar-refractivity contribution is 0.0831. The molecule has 1 unspecified atom stereocenters. The molecular weight excluding hydrogens is 276 g/mol. The van der Waals surface area contributed by atoms with Crippen LogP contribution in [0.4, 0.5) is 5.69 Å². The highest BCUT2D eigenvalue weighted by molar-refractivity contribution is 7.84. The highest BCUT2D eigenvalue weighted by Crippen LogP contribution is 2.33. The number of benzene rings is 1. The Kier molecular flexibility index (Phi) is 3.30. The fourth-order valence-corrected chi connectivity index (χ4v) is 4.12. The number of azide groups is 1. The highest BCUT2D eigenvalue weighted by Gasteiger charge is 2.40. The third kappa shape index (κ3) is 2.01. The SMILES string of the molecule is [N-]=[N+]=Nc1ccccc1C(=O)N1[C@@H]2C=C[C@@H](CC2)S1=O. The second-order valence-electron chi connectivity index (χ2n) is 4.68. The predicted molar refractivity (Wildman–Crippen MR) is 75.5 cm³/mol. The lowest BCUT2D eigenvalue weighted by atomic mass is 10.0. The van der Waals surface area contributed by atoms with Crippen molar-refractivity contribution in [1.82, 2.24) is 4.31 Å². The molecule has 1 fully saturated rings. The minimum atomic E-state index is -1.35. The van der Waals surface area contributed by atoms with E-state index in [1.165, 1.54) is 4.31 Å². The molecule has 0 saturated carbocycles. The Morgan fingerprint density at radius 1 is 1.35 bits per heavy atom. The molecule has 3 aliphatic rings. The number of carbonyl (C=O) groups is 1. The van der Waals surface area contributed by atoms with Gasteiger partial charge in [-0.3, -0.25) is 4.79 Å². The van der Waals surface area contributed by atoms with Gasteiger partial charge in [-0.15, -0.1) is 0 Å². The summed E-state index contributed by atoms with van der Waals surface area (Å²) in [7, 11) is -1.35. The molecule has 7 heteroatoms. The number of amides is 1.